The van der Waals surface area contributed by atoms with Crippen LogP contribution in [0.25, 0.3) is 0 Å². The molecule has 2 aromatic heterocycles. The number of hydrogen-bond acceptors (Lipinski definition) is 6. The molecular weight excluding hydrogens is 467 g/mol. The highest BCUT2D eigenvalue weighted by Gasteiger charge is 2.17. The molecule has 0 fully saturated rings. The van der Waals surface area contributed by atoms with Gasteiger partial charge in [-0.15, -0.1) is 0 Å². The number of nitro groups is 1. The van der Waals surface area contributed by atoms with Crippen molar-refractivity contribution in [2.24, 2.45) is 0 Å². The number of carbonyl (C=O) groups excluding carboxylic acids is 1. The SMILES string of the molecule is Cc1cc(OCc2ccc(C(=O)Nc3nn(Cc4cccc(F)c4)cc3Cl)o2)ccc1[N+](=O)[O-]. The lowest BCUT2D eigenvalue weighted by Gasteiger charge is -2.05. The third-order valence-corrected chi connectivity index (χ3v) is 5.09. The maximum absolute atomic E-state index is 13.4. The van der Waals surface area contributed by atoms with Crippen LogP contribution in [0.15, 0.2) is 65.2 Å². The molecule has 0 aliphatic carbocycles. The van der Waals surface area contributed by atoms with Crippen molar-refractivity contribution in [2.45, 2.75) is 20.1 Å². The summed E-state index contributed by atoms with van der Waals surface area (Å²) < 4.78 is 26.0. The van der Waals surface area contributed by atoms with E-state index < -0.39 is 10.8 Å². The number of nitrogens with one attached hydrogen (secondary N) is 1. The Morgan fingerprint density at radius 3 is 2.82 bits per heavy atom. The predicted octanol–water partition coefficient (Wildman–Crippen LogP) is 5.36. The number of amides is 1. The average molecular weight is 485 g/mol. The lowest BCUT2D eigenvalue weighted by molar-refractivity contribution is -0.385. The normalized spacial score (nSPS) is 10.8. The summed E-state index contributed by atoms with van der Waals surface area (Å²) in [5.41, 5.74) is 1.16. The summed E-state index contributed by atoms with van der Waals surface area (Å²) in [4.78, 5) is 23.0. The van der Waals surface area contributed by atoms with Crippen LogP contribution in [0.2, 0.25) is 5.02 Å². The Morgan fingerprint density at radius 1 is 1.26 bits per heavy atom. The first kappa shape index (κ1) is 23.0. The van der Waals surface area contributed by atoms with E-state index >= 15 is 0 Å². The van der Waals surface area contributed by atoms with Crippen molar-refractivity contribution in [3.05, 3.63) is 104 Å². The lowest BCUT2D eigenvalue weighted by atomic mass is 10.2. The first-order valence-corrected chi connectivity index (χ1v) is 10.4. The molecule has 0 unspecified atom stereocenters. The second kappa shape index (κ2) is 9.75. The Morgan fingerprint density at radius 2 is 2.09 bits per heavy atom. The first-order valence-electron chi connectivity index (χ1n) is 10.0. The van der Waals surface area contributed by atoms with Crippen molar-refractivity contribution in [2.75, 3.05) is 5.32 Å². The van der Waals surface area contributed by atoms with Crippen LogP contribution in [0, 0.1) is 22.9 Å². The number of halogens is 2. The summed E-state index contributed by atoms with van der Waals surface area (Å²) in [7, 11) is 0. The minimum absolute atomic E-state index is 0.00124. The number of hydrogen-bond donors (Lipinski definition) is 1. The van der Waals surface area contributed by atoms with Gasteiger partial charge in [-0.05, 0) is 48.9 Å². The van der Waals surface area contributed by atoms with Gasteiger partial charge in [-0.3, -0.25) is 19.6 Å². The fraction of sp³-hybridized carbons (Fsp3) is 0.130. The van der Waals surface area contributed by atoms with Gasteiger partial charge in [0, 0.05) is 17.8 Å². The van der Waals surface area contributed by atoms with E-state index in [1.807, 2.05) is 0 Å². The highest BCUT2D eigenvalue weighted by molar-refractivity contribution is 6.33. The highest BCUT2D eigenvalue weighted by Crippen LogP contribution is 2.25. The zero-order valence-electron chi connectivity index (χ0n) is 17.8. The Bertz CT molecular complexity index is 1370. The summed E-state index contributed by atoms with van der Waals surface area (Å²) in [5.74, 6) is 0.0544. The van der Waals surface area contributed by atoms with E-state index in [2.05, 4.69) is 10.4 Å². The molecule has 0 aliphatic rings. The molecule has 2 heterocycles. The van der Waals surface area contributed by atoms with Crippen LogP contribution in [0.4, 0.5) is 15.9 Å². The van der Waals surface area contributed by atoms with E-state index in [-0.39, 0.29) is 41.3 Å². The Labute approximate surface area is 197 Å². The molecule has 0 spiro atoms. The smallest absolute Gasteiger partial charge is 0.292 e. The number of benzene rings is 2. The fourth-order valence-corrected chi connectivity index (χ4v) is 3.41. The topological polar surface area (TPSA) is 112 Å². The zero-order valence-corrected chi connectivity index (χ0v) is 18.6. The maximum Gasteiger partial charge on any atom is 0.292 e. The summed E-state index contributed by atoms with van der Waals surface area (Å²) in [6, 6.07) is 13.5. The number of rotatable bonds is 8. The molecule has 0 saturated carbocycles. The largest absolute Gasteiger partial charge is 0.486 e. The number of ether oxygens (including phenoxy) is 1. The molecule has 0 atom stereocenters. The maximum atomic E-state index is 13.4. The molecule has 4 rings (SSSR count). The number of carbonyl (C=O) groups is 1. The number of furan rings is 1. The molecule has 9 nitrogen and oxygen atoms in total. The van der Waals surface area contributed by atoms with Crippen molar-refractivity contribution in [1.82, 2.24) is 9.78 Å². The van der Waals surface area contributed by atoms with Gasteiger partial charge in [-0.25, -0.2) is 4.39 Å². The molecule has 0 aliphatic heterocycles. The Balaban J connectivity index is 1.37. The third kappa shape index (κ3) is 5.41. The molecule has 4 aromatic rings. The standard InChI is InChI=1S/C23H18ClFN4O5/c1-14-9-17(5-7-20(14)29(31)32)33-13-18-6-8-21(34-18)23(30)26-22-19(24)12-28(27-22)11-15-3-2-4-16(25)10-15/h2-10,12H,11,13H2,1H3,(H,26,27,30). The number of anilines is 1. The molecule has 0 saturated heterocycles. The molecule has 174 valence electrons. The average Bonchev–Trinajstić information content (AvgIpc) is 3.39. The minimum atomic E-state index is -0.560. The van der Waals surface area contributed by atoms with Gasteiger partial charge in [0.15, 0.2) is 11.6 Å². The molecule has 1 amide bonds. The molecule has 34 heavy (non-hydrogen) atoms. The molecule has 2 aromatic carbocycles. The van der Waals surface area contributed by atoms with Crippen LogP contribution in [-0.4, -0.2) is 20.6 Å². The van der Waals surface area contributed by atoms with Crippen LogP contribution < -0.4 is 10.1 Å². The van der Waals surface area contributed by atoms with Gasteiger partial charge >= 0.3 is 0 Å². The van der Waals surface area contributed by atoms with Crippen molar-refractivity contribution < 1.29 is 23.3 Å². The molecule has 0 bridgehead atoms. The van der Waals surface area contributed by atoms with Crippen LogP contribution in [0.5, 0.6) is 5.75 Å². The van der Waals surface area contributed by atoms with E-state index in [0.29, 0.717) is 22.6 Å². The zero-order chi connectivity index (χ0) is 24.2. The third-order valence-electron chi connectivity index (χ3n) is 4.81. The summed E-state index contributed by atoms with van der Waals surface area (Å²) in [6.45, 7) is 1.91. The van der Waals surface area contributed by atoms with E-state index in [1.54, 1.807) is 31.2 Å². The van der Waals surface area contributed by atoms with Crippen molar-refractivity contribution in [3.8, 4) is 5.75 Å². The van der Waals surface area contributed by atoms with Crippen LogP contribution in [0.3, 0.4) is 0 Å². The second-order valence-electron chi connectivity index (χ2n) is 7.37. The van der Waals surface area contributed by atoms with Gasteiger partial charge in [0.1, 0.15) is 29.0 Å². The van der Waals surface area contributed by atoms with Crippen LogP contribution in [-0.2, 0) is 13.2 Å². The van der Waals surface area contributed by atoms with E-state index in [4.69, 9.17) is 20.8 Å². The van der Waals surface area contributed by atoms with Crippen molar-refractivity contribution in [1.29, 1.82) is 0 Å². The first-order chi connectivity index (χ1) is 16.3. The molecular formula is C23H18ClFN4O5. The fourth-order valence-electron chi connectivity index (χ4n) is 3.21. The van der Waals surface area contributed by atoms with Gasteiger partial charge in [-0.2, -0.15) is 5.10 Å². The lowest BCUT2D eigenvalue weighted by Crippen LogP contribution is -2.12. The van der Waals surface area contributed by atoms with Gasteiger partial charge < -0.3 is 14.5 Å². The number of nitro benzene ring substituents is 1. The number of nitrogens with zero attached hydrogens (tertiary/aromatic N) is 3. The molecule has 1 N–H and O–H groups in total. The van der Waals surface area contributed by atoms with Gasteiger partial charge in [0.2, 0.25) is 0 Å². The Hall–Kier alpha value is -4.18. The molecule has 11 heteroatoms. The van der Waals surface area contributed by atoms with E-state index in [9.17, 15) is 19.3 Å². The van der Waals surface area contributed by atoms with Crippen LogP contribution in [0.1, 0.15) is 27.4 Å². The number of aryl methyl sites for hydroxylation is 1. The summed E-state index contributed by atoms with van der Waals surface area (Å²) >= 11 is 6.18. The number of aromatic nitrogens is 2. The van der Waals surface area contributed by atoms with Gasteiger partial charge in [0.05, 0.1) is 11.5 Å². The van der Waals surface area contributed by atoms with Crippen molar-refractivity contribution >= 4 is 29.0 Å². The Kier molecular flexibility index (Phi) is 6.60. The quantitative estimate of drug-likeness (QED) is 0.266. The predicted molar refractivity (Wildman–Crippen MR) is 122 cm³/mol. The summed E-state index contributed by atoms with van der Waals surface area (Å²) in [6.07, 6.45) is 1.52. The van der Waals surface area contributed by atoms with Crippen LogP contribution >= 0.6 is 11.6 Å². The second-order valence-corrected chi connectivity index (χ2v) is 7.77. The minimum Gasteiger partial charge on any atom is -0.486 e. The van der Waals surface area contributed by atoms with Crippen molar-refractivity contribution in [3.63, 3.8) is 0 Å². The molecule has 0 radical (unpaired) electrons. The van der Waals surface area contributed by atoms with Gasteiger partial charge in [-0.1, -0.05) is 23.7 Å². The van der Waals surface area contributed by atoms with Gasteiger partial charge in [0.25, 0.3) is 11.6 Å². The highest BCUT2D eigenvalue weighted by atomic mass is 35.5. The van der Waals surface area contributed by atoms with E-state index in [1.165, 1.54) is 41.2 Å². The summed E-state index contributed by atoms with van der Waals surface area (Å²) in [5, 5.41) is 17.9. The monoisotopic (exact) mass is 484 g/mol. The van der Waals surface area contributed by atoms with E-state index in [0.717, 1.165) is 0 Å².